The summed E-state index contributed by atoms with van der Waals surface area (Å²) in [6.07, 6.45) is 4.92. The van der Waals surface area contributed by atoms with Gasteiger partial charge in [-0.25, -0.2) is 0 Å². The number of hydrogen-bond donors (Lipinski definition) is 1. The molecule has 0 aromatic heterocycles. The van der Waals surface area contributed by atoms with Gasteiger partial charge in [-0.1, -0.05) is 31.2 Å². The van der Waals surface area contributed by atoms with Gasteiger partial charge in [-0.3, -0.25) is 4.79 Å². The fraction of sp³-hybridized carbons (Fsp3) is 0.312. The van der Waals surface area contributed by atoms with Crippen molar-refractivity contribution in [2.45, 2.75) is 19.3 Å². The fourth-order valence-electron chi connectivity index (χ4n) is 3.37. The number of phenolic OH excluding ortho intramolecular Hbond substituents is 1. The summed E-state index contributed by atoms with van der Waals surface area (Å²) in [4.78, 5) is 12.3. The summed E-state index contributed by atoms with van der Waals surface area (Å²) in [6.45, 7) is 3.79. The van der Waals surface area contributed by atoms with Crippen molar-refractivity contribution in [2.75, 3.05) is 0 Å². The molecule has 2 aliphatic rings. The minimum Gasteiger partial charge on any atom is -0.508 e. The van der Waals surface area contributed by atoms with Gasteiger partial charge in [-0.05, 0) is 42.0 Å². The highest BCUT2D eigenvalue weighted by Gasteiger charge is 2.43. The molecule has 1 saturated carbocycles. The van der Waals surface area contributed by atoms with Gasteiger partial charge in [0.25, 0.3) is 0 Å². The molecule has 0 amide bonds. The van der Waals surface area contributed by atoms with Crippen molar-refractivity contribution in [3.8, 4) is 5.75 Å². The van der Waals surface area contributed by atoms with Gasteiger partial charge in [0, 0.05) is 11.5 Å². The maximum Gasteiger partial charge on any atom is 0.166 e. The van der Waals surface area contributed by atoms with Gasteiger partial charge in [0.1, 0.15) is 5.75 Å². The maximum atomic E-state index is 12.3. The van der Waals surface area contributed by atoms with Crippen LogP contribution in [0.3, 0.4) is 0 Å². The third-order valence-electron chi connectivity index (χ3n) is 4.16. The number of aromatic hydroxyl groups is 1. The quantitative estimate of drug-likeness (QED) is 0.861. The SMILES string of the molecule is C=CC1=C(c2ccc(O)cc2)C2CCCC2C1=O. The average Bonchev–Trinajstić information content (AvgIpc) is 2.93. The predicted octanol–water partition coefficient (Wildman–Crippen LogP) is 3.33. The zero-order valence-corrected chi connectivity index (χ0v) is 10.2. The lowest BCUT2D eigenvalue weighted by Gasteiger charge is -2.13. The first kappa shape index (κ1) is 11.3. The standard InChI is InChI=1S/C16H16O2/c1-2-12-15(10-6-8-11(17)9-7-10)13-4-3-5-14(13)16(12)18/h2,6-9,13-14,17H,1,3-5H2. The normalized spacial score (nSPS) is 26.6. The molecule has 2 heteroatoms. The van der Waals surface area contributed by atoms with E-state index in [1.165, 1.54) is 0 Å². The number of carbonyl (C=O) groups excluding carboxylic acids is 1. The van der Waals surface area contributed by atoms with Crippen molar-refractivity contribution in [3.05, 3.63) is 48.1 Å². The van der Waals surface area contributed by atoms with E-state index in [-0.39, 0.29) is 17.5 Å². The van der Waals surface area contributed by atoms with E-state index in [1.807, 2.05) is 12.1 Å². The molecule has 0 spiro atoms. The van der Waals surface area contributed by atoms with Crippen LogP contribution in [0.5, 0.6) is 5.75 Å². The molecule has 0 radical (unpaired) electrons. The van der Waals surface area contributed by atoms with Crippen LogP contribution in [0, 0.1) is 11.8 Å². The Kier molecular flexibility index (Phi) is 2.58. The second kappa shape index (κ2) is 4.13. The van der Waals surface area contributed by atoms with E-state index in [0.717, 1.165) is 36.0 Å². The molecule has 2 atom stereocenters. The number of allylic oxidation sites excluding steroid dienone is 3. The number of Topliss-reactive ketones (excluding diaryl/α,β-unsaturated/α-hetero) is 1. The van der Waals surface area contributed by atoms with Gasteiger partial charge in [-0.2, -0.15) is 0 Å². The van der Waals surface area contributed by atoms with Crippen molar-refractivity contribution in [2.24, 2.45) is 11.8 Å². The van der Waals surface area contributed by atoms with E-state index < -0.39 is 0 Å². The minimum absolute atomic E-state index is 0.168. The highest BCUT2D eigenvalue weighted by Crippen LogP contribution is 2.49. The third kappa shape index (κ3) is 1.52. The molecule has 1 aromatic rings. The van der Waals surface area contributed by atoms with Crippen LogP contribution in [0.2, 0.25) is 0 Å². The summed E-state index contributed by atoms with van der Waals surface area (Å²) >= 11 is 0. The minimum atomic E-state index is 0.168. The van der Waals surface area contributed by atoms with E-state index in [4.69, 9.17) is 0 Å². The largest absolute Gasteiger partial charge is 0.508 e. The van der Waals surface area contributed by atoms with Crippen LogP contribution < -0.4 is 0 Å². The molecule has 1 aromatic carbocycles. The van der Waals surface area contributed by atoms with E-state index in [9.17, 15) is 9.90 Å². The third-order valence-corrected chi connectivity index (χ3v) is 4.16. The Labute approximate surface area is 107 Å². The predicted molar refractivity (Wildman–Crippen MR) is 71.1 cm³/mol. The Bertz CT molecular complexity index is 537. The summed E-state index contributed by atoms with van der Waals surface area (Å²) in [5.41, 5.74) is 2.97. The number of carbonyl (C=O) groups is 1. The molecule has 1 N–H and O–H groups in total. The molecule has 92 valence electrons. The Morgan fingerprint density at radius 1 is 1.17 bits per heavy atom. The average molecular weight is 240 g/mol. The highest BCUT2D eigenvalue weighted by atomic mass is 16.3. The van der Waals surface area contributed by atoms with Crippen LogP contribution in [-0.4, -0.2) is 10.9 Å². The second-order valence-corrected chi connectivity index (χ2v) is 5.09. The number of fused-ring (bicyclic) bond motifs is 1. The van der Waals surface area contributed by atoms with Crippen molar-refractivity contribution in [1.29, 1.82) is 0 Å². The summed E-state index contributed by atoms with van der Waals surface area (Å²) in [5, 5.41) is 9.36. The topological polar surface area (TPSA) is 37.3 Å². The summed E-state index contributed by atoms with van der Waals surface area (Å²) < 4.78 is 0. The smallest absolute Gasteiger partial charge is 0.166 e. The number of phenols is 1. The van der Waals surface area contributed by atoms with Crippen molar-refractivity contribution in [3.63, 3.8) is 0 Å². The molecule has 1 fully saturated rings. The van der Waals surface area contributed by atoms with Gasteiger partial charge >= 0.3 is 0 Å². The zero-order valence-electron chi connectivity index (χ0n) is 10.2. The Morgan fingerprint density at radius 2 is 1.83 bits per heavy atom. The number of ketones is 1. The van der Waals surface area contributed by atoms with E-state index in [2.05, 4.69) is 6.58 Å². The lowest BCUT2D eigenvalue weighted by molar-refractivity contribution is -0.118. The van der Waals surface area contributed by atoms with Gasteiger partial charge in [0.15, 0.2) is 5.78 Å². The zero-order chi connectivity index (χ0) is 12.7. The summed E-state index contributed by atoms with van der Waals surface area (Å²) in [6, 6.07) is 7.13. The first-order chi connectivity index (χ1) is 8.72. The Morgan fingerprint density at radius 3 is 2.50 bits per heavy atom. The Balaban J connectivity index is 2.12. The molecule has 0 saturated heterocycles. The molecule has 2 nitrogen and oxygen atoms in total. The molecule has 3 rings (SSSR count). The molecule has 0 heterocycles. The van der Waals surface area contributed by atoms with E-state index in [1.54, 1.807) is 18.2 Å². The second-order valence-electron chi connectivity index (χ2n) is 5.09. The maximum absolute atomic E-state index is 12.3. The number of hydrogen-bond acceptors (Lipinski definition) is 2. The van der Waals surface area contributed by atoms with Crippen LogP contribution in [0.25, 0.3) is 5.57 Å². The van der Waals surface area contributed by atoms with Crippen LogP contribution in [-0.2, 0) is 4.79 Å². The van der Waals surface area contributed by atoms with Crippen LogP contribution in [0.1, 0.15) is 24.8 Å². The molecule has 2 unspecified atom stereocenters. The summed E-state index contributed by atoms with van der Waals surface area (Å²) in [5.74, 6) is 1.04. The highest BCUT2D eigenvalue weighted by molar-refractivity contribution is 6.11. The number of rotatable bonds is 2. The van der Waals surface area contributed by atoms with Crippen LogP contribution in [0.4, 0.5) is 0 Å². The first-order valence-electron chi connectivity index (χ1n) is 6.42. The van der Waals surface area contributed by atoms with E-state index in [0.29, 0.717) is 5.92 Å². The van der Waals surface area contributed by atoms with E-state index >= 15 is 0 Å². The molecular weight excluding hydrogens is 224 g/mol. The van der Waals surface area contributed by atoms with Crippen molar-refractivity contribution in [1.82, 2.24) is 0 Å². The molecular formula is C16H16O2. The van der Waals surface area contributed by atoms with Crippen molar-refractivity contribution < 1.29 is 9.90 Å². The van der Waals surface area contributed by atoms with Gasteiger partial charge < -0.3 is 5.11 Å². The van der Waals surface area contributed by atoms with Crippen molar-refractivity contribution >= 4 is 11.4 Å². The lowest BCUT2D eigenvalue weighted by atomic mass is 9.90. The summed E-state index contributed by atoms with van der Waals surface area (Å²) in [7, 11) is 0. The Hall–Kier alpha value is -1.83. The van der Waals surface area contributed by atoms with Gasteiger partial charge in [0.05, 0.1) is 0 Å². The molecule has 0 bridgehead atoms. The fourth-order valence-corrected chi connectivity index (χ4v) is 3.37. The first-order valence-corrected chi connectivity index (χ1v) is 6.42. The molecule has 0 aliphatic heterocycles. The monoisotopic (exact) mass is 240 g/mol. The molecule has 18 heavy (non-hydrogen) atoms. The van der Waals surface area contributed by atoms with Crippen LogP contribution in [0.15, 0.2) is 42.5 Å². The number of benzene rings is 1. The molecule has 2 aliphatic carbocycles. The van der Waals surface area contributed by atoms with Gasteiger partial charge in [0.2, 0.25) is 0 Å². The van der Waals surface area contributed by atoms with Gasteiger partial charge in [-0.15, -0.1) is 0 Å². The lowest BCUT2D eigenvalue weighted by Crippen LogP contribution is -2.11. The van der Waals surface area contributed by atoms with Crippen LogP contribution >= 0.6 is 0 Å².